The Morgan fingerprint density at radius 3 is 2.11 bits per heavy atom. The van der Waals surface area contributed by atoms with Crippen LogP contribution in [0.2, 0.25) is 0 Å². The van der Waals surface area contributed by atoms with E-state index in [0.29, 0.717) is 44.6 Å². The van der Waals surface area contributed by atoms with Gasteiger partial charge in [-0.15, -0.1) is 0 Å². The minimum absolute atomic E-state index is 0.00780. The van der Waals surface area contributed by atoms with Gasteiger partial charge in [-0.1, -0.05) is 30.3 Å². The molecule has 3 rings (SSSR count). The monoisotopic (exact) mass is 380 g/mol. The van der Waals surface area contributed by atoms with Crippen LogP contribution in [0, 0.1) is 0 Å². The zero-order valence-corrected chi connectivity index (χ0v) is 15.7. The number of nitrogens with zero attached hydrogens (tertiary/aromatic N) is 2. The zero-order valence-electron chi connectivity index (χ0n) is 15.7. The van der Waals surface area contributed by atoms with Gasteiger partial charge in [0.15, 0.2) is 0 Å². The van der Waals surface area contributed by atoms with Crippen LogP contribution in [0.4, 0.5) is 0 Å². The van der Waals surface area contributed by atoms with Crippen LogP contribution in [-0.2, 0) is 11.2 Å². The maximum absolute atomic E-state index is 12.6. The summed E-state index contributed by atoms with van der Waals surface area (Å²) in [6.07, 6.45) is 1.71. The van der Waals surface area contributed by atoms with Crippen LogP contribution in [0.15, 0.2) is 54.6 Å². The van der Waals surface area contributed by atoms with Crippen molar-refractivity contribution in [2.75, 3.05) is 26.2 Å². The first-order chi connectivity index (χ1) is 13.5. The van der Waals surface area contributed by atoms with E-state index in [1.54, 1.807) is 24.3 Å². The molecule has 1 fully saturated rings. The smallest absolute Gasteiger partial charge is 0.335 e. The fraction of sp³-hybridized carbons (Fsp3) is 0.318. The fourth-order valence-electron chi connectivity index (χ4n) is 3.36. The van der Waals surface area contributed by atoms with Crippen LogP contribution in [0.25, 0.3) is 0 Å². The van der Waals surface area contributed by atoms with Crippen molar-refractivity contribution in [1.82, 2.24) is 9.80 Å². The van der Waals surface area contributed by atoms with Crippen molar-refractivity contribution in [3.8, 4) is 0 Å². The van der Waals surface area contributed by atoms with Crippen LogP contribution in [0.5, 0.6) is 0 Å². The number of carboxylic acid groups (broad SMARTS) is 1. The summed E-state index contributed by atoms with van der Waals surface area (Å²) in [6, 6.07) is 15.8. The summed E-state index contributed by atoms with van der Waals surface area (Å²) < 4.78 is 0. The van der Waals surface area contributed by atoms with Crippen molar-refractivity contribution in [3.05, 3.63) is 71.3 Å². The number of carbonyl (C=O) groups excluding carboxylic acids is 2. The van der Waals surface area contributed by atoms with Crippen LogP contribution in [0.3, 0.4) is 0 Å². The highest BCUT2D eigenvalue weighted by Gasteiger charge is 2.22. The maximum atomic E-state index is 12.6. The van der Waals surface area contributed by atoms with Gasteiger partial charge in [0.2, 0.25) is 5.91 Å². The van der Waals surface area contributed by atoms with Gasteiger partial charge in [0, 0.05) is 38.2 Å². The Hall–Kier alpha value is -3.15. The summed E-state index contributed by atoms with van der Waals surface area (Å²) in [5.41, 5.74) is 1.85. The average Bonchev–Trinajstić information content (AvgIpc) is 2.99. The number of hydrogen-bond acceptors (Lipinski definition) is 3. The normalized spacial score (nSPS) is 14.4. The van der Waals surface area contributed by atoms with Gasteiger partial charge in [-0.2, -0.15) is 0 Å². The Bertz CT molecular complexity index is 833. The van der Waals surface area contributed by atoms with Crippen molar-refractivity contribution in [2.45, 2.75) is 19.3 Å². The molecule has 28 heavy (non-hydrogen) atoms. The molecule has 2 amide bonds. The second kappa shape index (κ2) is 9.17. The largest absolute Gasteiger partial charge is 0.478 e. The van der Waals surface area contributed by atoms with E-state index < -0.39 is 5.97 Å². The van der Waals surface area contributed by atoms with Crippen molar-refractivity contribution in [1.29, 1.82) is 0 Å². The Balaban J connectivity index is 1.51. The number of rotatable bonds is 5. The quantitative estimate of drug-likeness (QED) is 0.865. The summed E-state index contributed by atoms with van der Waals surface area (Å²) in [7, 11) is 0. The molecule has 0 spiro atoms. The van der Waals surface area contributed by atoms with Gasteiger partial charge in [0.25, 0.3) is 5.91 Å². The van der Waals surface area contributed by atoms with E-state index >= 15 is 0 Å². The minimum atomic E-state index is -0.957. The zero-order chi connectivity index (χ0) is 19.9. The molecule has 0 atom stereocenters. The van der Waals surface area contributed by atoms with Crippen molar-refractivity contribution in [3.63, 3.8) is 0 Å². The summed E-state index contributed by atoms with van der Waals surface area (Å²) in [4.78, 5) is 39.7. The topological polar surface area (TPSA) is 77.9 Å². The summed E-state index contributed by atoms with van der Waals surface area (Å²) in [5.74, 6) is -0.883. The molecular formula is C22H24N2O4. The lowest BCUT2D eigenvalue weighted by molar-refractivity contribution is -0.131. The van der Waals surface area contributed by atoms with E-state index in [0.717, 1.165) is 12.0 Å². The number of aryl methyl sites for hydroxylation is 1. The third-order valence-electron chi connectivity index (χ3n) is 4.98. The highest BCUT2D eigenvalue weighted by Crippen LogP contribution is 2.12. The highest BCUT2D eigenvalue weighted by molar-refractivity contribution is 5.94. The van der Waals surface area contributed by atoms with E-state index in [-0.39, 0.29) is 17.4 Å². The van der Waals surface area contributed by atoms with Gasteiger partial charge in [0.05, 0.1) is 5.56 Å². The Morgan fingerprint density at radius 1 is 0.786 bits per heavy atom. The predicted molar refractivity (Wildman–Crippen MR) is 105 cm³/mol. The number of carbonyl (C=O) groups is 3. The Labute approximate surface area is 164 Å². The average molecular weight is 380 g/mol. The van der Waals surface area contributed by atoms with E-state index in [4.69, 9.17) is 5.11 Å². The molecule has 146 valence electrons. The lowest BCUT2D eigenvalue weighted by Crippen LogP contribution is -2.37. The van der Waals surface area contributed by atoms with Crippen LogP contribution >= 0.6 is 0 Å². The molecule has 1 aliphatic rings. The van der Waals surface area contributed by atoms with Crippen LogP contribution in [0.1, 0.15) is 39.1 Å². The summed E-state index contributed by atoms with van der Waals surface area (Å²) in [5, 5.41) is 8.94. The van der Waals surface area contributed by atoms with E-state index in [1.807, 2.05) is 40.1 Å². The number of amides is 2. The molecule has 0 bridgehead atoms. The predicted octanol–water partition coefficient (Wildman–Crippen LogP) is 2.69. The second-order valence-corrected chi connectivity index (χ2v) is 6.89. The second-order valence-electron chi connectivity index (χ2n) is 6.89. The fourth-order valence-corrected chi connectivity index (χ4v) is 3.36. The van der Waals surface area contributed by atoms with Crippen LogP contribution < -0.4 is 0 Å². The van der Waals surface area contributed by atoms with E-state index in [9.17, 15) is 14.4 Å². The van der Waals surface area contributed by atoms with Gasteiger partial charge in [0.1, 0.15) is 0 Å². The molecule has 2 aromatic carbocycles. The van der Waals surface area contributed by atoms with Gasteiger partial charge in [-0.25, -0.2) is 4.79 Å². The third kappa shape index (κ3) is 4.97. The van der Waals surface area contributed by atoms with Crippen molar-refractivity contribution < 1.29 is 19.5 Å². The number of hydrogen-bond donors (Lipinski definition) is 1. The molecule has 0 aliphatic carbocycles. The molecule has 0 saturated carbocycles. The SMILES string of the molecule is O=C(O)c1ccc(CCC(=O)N2CCCN(C(=O)c3ccccc3)CC2)cc1. The first kappa shape index (κ1) is 19.6. The van der Waals surface area contributed by atoms with E-state index in [2.05, 4.69) is 0 Å². The van der Waals surface area contributed by atoms with Gasteiger partial charge in [-0.05, 0) is 42.7 Å². The molecule has 6 nitrogen and oxygen atoms in total. The van der Waals surface area contributed by atoms with Crippen LogP contribution in [-0.4, -0.2) is 58.9 Å². The van der Waals surface area contributed by atoms with Gasteiger partial charge >= 0.3 is 5.97 Å². The molecule has 1 N–H and O–H groups in total. The summed E-state index contributed by atoms with van der Waals surface area (Å²) in [6.45, 7) is 2.37. The molecule has 1 aliphatic heterocycles. The van der Waals surface area contributed by atoms with Crippen molar-refractivity contribution >= 4 is 17.8 Å². The molecule has 2 aromatic rings. The lowest BCUT2D eigenvalue weighted by Gasteiger charge is -2.22. The number of aromatic carboxylic acids is 1. The number of carboxylic acids is 1. The molecular weight excluding hydrogens is 356 g/mol. The first-order valence-electron chi connectivity index (χ1n) is 9.49. The Kier molecular flexibility index (Phi) is 6.42. The van der Waals surface area contributed by atoms with Crippen molar-refractivity contribution in [2.24, 2.45) is 0 Å². The minimum Gasteiger partial charge on any atom is -0.478 e. The van der Waals surface area contributed by atoms with Gasteiger partial charge in [-0.3, -0.25) is 9.59 Å². The molecule has 1 saturated heterocycles. The molecule has 0 unspecified atom stereocenters. The standard InChI is InChI=1S/C22H24N2O4/c25-20(12-9-17-7-10-19(11-8-17)22(27)28)23-13-4-14-24(16-15-23)21(26)18-5-2-1-3-6-18/h1-3,5-8,10-11H,4,9,12-16H2,(H,27,28). The van der Waals surface area contributed by atoms with E-state index in [1.165, 1.54) is 0 Å². The maximum Gasteiger partial charge on any atom is 0.335 e. The Morgan fingerprint density at radius 2 is 1.43 bits per heavy atom. The first-order valence-corrected chi connectivity index (χ1v) is 9.49. The molecule has 0 aromatic heterocycles. The van der Waals surface area contributed by atoms with Gasteiger partial charge < -0.3 is 14.9 Å². The molecule has 6 heteroatoms. The highest BCUT2D eigenvalue weighted by atomic mass is 16.4. The molecule has 1 heterocycles. The lowest BCUT2D eigenvalue weighted by atomic mass is 10.1. The number of benzene rings is 2. The molecule has 0 radical (unpaired) electrons. The summed E-state index contributed by atoms with van der Waals surface area (Å²) >= 11 is 0. The third-order valence-corrected chi connectivity index (χ3v) is 4.98.